The average molecular weight is 333 g/mol. The first-order valence-corrected chi connectivity index (χ1v) is 7.91. The second-order valence-electron chi connectivity index (χ2n) is 3.92. The Morgan fingerprint density at radius 1 is 1.50 bits per heavy atom. The van der Waals surface area contributed by atoms with Gasteiger partial charge >= 0.3 is 0 Å². The molecule has 0 atom stereocenters. The molecule has 0 amide bonds. The quantitative estimate of drug-likeness (QED) is 0.871. The second kappa shape index (κ2) is 4.87. The van der Waals surface area contributed by atoms with E-state index in [4.69, 9.17) is 5.73 Å². The van der Waals surface area contributed by atoms with Crippen LogP contribution in [0.4, 0.5) is 5.95 Å². The molecule has 0 bridgehead atoms. The lowest BCUT2D eigenvalue weighted by Crippen LogP contribution is -2.26. The third-order valence-electron chi connectivity index (χ3n) is 2.44. The minimum atomic E-state index is -3.18. The molecule has 0 unspecified atom stereocenters. The summed E-state index contributed by atoms with van der Waals surface area (Å²) in [6, 6.07) is 5.65. The van der Waals surface area contributed by atoms with Gasteiger partial charge in [0.2, 0.25) is 16.0 Å². The molecule has 1 aromatic carbocycles. The van der Waals surface area contributed by atoms with E-state index in [0.29, 0.717) is 12.5 Å². The van der Waals surface area contributed by atoms with Gasteiger partial charge in [0, 0.05) is 17.6 Å². The van der Waals surface area contributed by atoms with Gasteiger partial charge in [0.1, 0.15) is 0 Å². The van der Waals surface area contributed by atoms with Crippen LogP contribution in [0.3, 0.4) is 0 Å². The standard InChI is InChI=1S/C10H13BrN4O2S/c1-18(16,17)13-4-5-15-9-3-2-7(11)6-8(9)14-10(15)12/h2-3,6,13H,4-5H2,1H3,(H2,12,14). The van der Waals surface area contributed by atoms with E-state index in [0.717, 1.165) is 21.8 Å². The summed E-state index contributed by atoms with van der Waals surface area (Å²) in [5.41, 5.74) is 7.47. The molecule has 0 saturated carbocycles. The predicted octanol–water partition coefficient (Wildman–Crippen LogP) is 0.930. The highest BCUT2D eigenvalue weighted by atomic mass is 79.9. The van der Waals surface area contributed by atoms with E-state index in [2.05, 4.69) is 25.6 Å². The van der Waals surface area contributed by atoms with E-state index < -0.39 is 10.0 Å². The number of anilines is 1. The molecule has 2 aromatic rings. The molecule has 0 spiro atoms. The van der Waals surface area contributed by atoms with Crippen molar-refractivity contribution in [2.24, 2.45) is 0 Å². The van der Waals surface area contributed by atoms with Gasteiger partial charge in [-0.05, 0) is 18.2 Å². The third kappa shape index (κ3) is 3.01. The predicted molar refractivity (Wildman–Crippen MR) is 74.7 cm³/mol. The maximum absolute atomic E-state index is 11.0. The number of aromatic nitrogens is 2. The summed E-state index contributed by atoms with van der Waals surface area (Å²) in [6.45, 7) is 0.724. The van der Waals surface area contributed by atoms with Gasteiger partial charge in [0.25, 0.3) is 0 Å². The van der Waals surface area contributed by atoms with Gasteiger partial charge in [-0.1, -0.05) is 15.9 Å². The minimum absolute atomic E-state index is 0.282. The molecular weight excluding hydrogens is 320 g/mol. The summed E-state index contributed by atoms with van der Waals surface area (Å²) in [4.78, 5) is 4.22. The Morgan fingerprint density at radius 3 is 2.89 bits per heavy atom. The molecule has 0 saturated heterocycles. The van der Waals surface area contributed by atoms with Crippen LogP contribution in [0.5, 0.6) is 0 Å². The first kappa shape index (κ1) is 13.3. The van der Waals surface area contributed by atoms with Crippen molar-refractivity contribution in [3.05, 3.63) is 22.7 Å². The first-order valence-electron chi connectivity index (χ1n) is 5.23. The topological polar surface area (TPSA) is 90.0 Å². The van der Waals surface area contributed by atoms with E-state index in [1.54, 1.807) is 4.57 Å². The number of sulfonamides is 1. The van der Waals surface area contributed by atoms with E-state index in [1.807, 2.05) is 18.2 Å². The molecule has 3 N–H and O–H groups in total. The van der Waals surface area contributed by atoms with Crippen LogP contribution >= 0.6 is 15.9 Å². The van der Waals surface area contributed by atoms with Crippen LogP contribution in [0.25, 0.3) is 11.0 Å². The van der Waals surface area contributed by atoms with Crippen molar-refractivity contribution >= 4 is 42.9 Å². The van der Waals surface area contributed by atoms with Crippen molar-refractivity contribution < 1.29 is 8.42 Å². The number of nitrogens with two attached hydrogens (primary N) is 1. The Hall–Kier alpha value is -1.12. The SMILES string of the molecule is CS(=O)(=O)NCCn1c(N)nc2cc(Br)ccc21. The minimum Gasteiger partial charge on any atom is -0.369 e. The molecule has 98 valence electrons. The highest BCUT2D eigenvalue weighted by Gasteiger charge is 2.08. The molecule has 0 aliphatic rings. The Labute approximate surface area is 113 Å². The van der Waals surface area contributed by atoms with Crippen LogP contribution in [0.15, 0.2) is 22.7 Å². The number of rotatable bonds is 4. The number of benzene rings is 1. The van der Waals surface area contributed by atoms with Crippen LogP contribution in [0, 0.1) is 0 Å². The number of fused-ring (bicyclic) bond motifs is 1. The fourth-order valence-corrected chi connectivity index (χ4v) is 2.51. The maximum Gasteiger partial charge on any atom is 0.208 e. The second-order valence-corrected chi connectivity index (χ2v) is 6.67. The molecule has 6 nitrogen and oxygen atoms in total. The summed E-state index contributed by atoms with van der Waals surface area (Å²) in [5.74, 6) is 0.374. The Morgan fingerprint density at radius 2 is 2.22 bits per heavy atom. The fourth-order valence-electron chi connectivity index (χ4n) is 1.70. The molecule has 1 aromatic heterocycles. The maximum atomic E-state index is 11.0. The number of nitrogens with one attached hydrogen (secondary N) is 1. The van der Waals surface area contributed by atoms with Gasteiger partial charge in [-0.3, -0.25) is 0 Å². The number of hydrogen-bond acceptors (Lipinski definition) is 4. The van der Waals surface area contributed by atoms with Crippen molar-refractivity contribution in [3.63, 3.8) is 0 Å². The number of halogens is 1. The molecule has 2 rings (SSSR count). The Balaban J connectivity index is 2.25. The van der Waals surface area contributed by atoms with Crippen LogP contribution in [0.1, 0.15) is 0 Å². The summed E-state index contributed by atoms with van der Waals surface area (Å²) >= 11 is 3.36. The zero-order valence-corrected chi connectivity index (χ0v) is 12.1. The van der Waals surface area contributed by atoms with Gasteiger partial charge in [0.05, 0.1) is 17.3 Å². The molecule has 8 heteroatoms. The normalized spacial score (nSPS) is 12.1. The fraction of sp³-hybridized carbons (Fsp3) is 0.300. The zero-order valence-electron chi connectivity index (χ0n) is 9.72. The van der Waals surface area contributed by atoms with Gasteiger partial charge in [-0.2, -0.15) is 0 Å². The van der Waals surface area contributed by atoms with Crippen molar-refractivity contribution in [3.8, 4) is 0 Å². The molecule has 18 heavy (non-hydrogen) atoms. The number of nitrogens with zero attached hydrogens (tertiary/aromatic N) is 2. The summed E-state index contributed by atoms with van der Waals surface area (Å²) in [5, 5.41) is 0. The molecule has 0 aliphatic carbocycles. The van der Waals surface area contributed by atoms with E-state index in [1.165, 1.54) is 0 Å². The highest BCUT2D eigenvalue weighted by Crippen LogP contribution is 2.21. The molecular formula is C10H13BrN4O2S. The zero-order chi connectivity index (χ0) is 13.3. The van der Waals surface area contributed by atoms with Gasteiger partial charge in [-0.25, -0.2) is 18.1 Å². The third-order valence-corrected chi connectivity index (χ3v) is 3.66. The number of hydrogen-bond donors (Lipinski definition) is 2. The number of nitrogen functional groups attached to an aromatic ring is 1. The van der Waals surface area contributed by atoms with Crippen molar-refractivity contribution in [1.29, 1.82) is 0 Å². The van der Waals surface area contributed by atoms with Crippen LogP contribution in [-0.4, -0.2) is 30.8 Å². The average Bonchev–Trinajstić information content (AvgIpc) is 2.52. The highest BCUT2D eigenvalue weighted by molar-refractivity contribution is 9.10. The molecule has 0 aliphatic heterocycles. The summed E-state index contributed by atoms with van der Waals surface area (Å²) in [6.07, 6.45) is 1.12. The monoisotopic (exact) mass is 332 g/mol. The van der Waals surface area contributed by atoms with Gasteiger partial charge in [0.15, 0.2) is 0 Å². The van der Waals surface area contributed by atoms with Crippen molar-refractivity contribution in [2.45, 2.75) is 6.54 Å². The lowest BCUT2D eigenvalue weighted by molar-refractivity contribution is 0.581. The Bertz CT molecular complexity index is 680. The van der Waals surface area contributed by atoms with Crippen molar-refractivity contribution in [2.75, 3.05) is 18.5 Å². The number of imidazole rings is 1. The summed E-state index contributed by atoms with van der Waals surface area (Å²) in [7, 11) is -3.18. The Kier molecular flexibility index (Phi) is 3.60. The van der Waals surface area contributed by atoms with Crippen LogP contribution in [0.2, 0.25) is 0 Å². The summed E-state index contributed by atoms with van der Waals surface area (Å²) < 4.78 is 27.1. The lowest BCUT2D eigenvalue weighted by Gasteiger charge is -2.06. The van der Waals surface area contributed by atoms with Crippen LogP contribution in [-0.2, 0) is 16.6 Å². The van der Waals surface area contributed by atoms with Gasteiger partial charge < -0.3 is 10.3 Å². The molecule has 1 heterocycles. The first-order chi connectivity index (χ1) is 8.37. The van der Waals surface area contributed by atoms with Gasteiger partial charge in [-0.15, -0.1) is 0 Å². The van der Waals surface area contributed by atoms with Crippen molar-refractivity contribution in [1.82, 2.24) is 14.3 Å². The lowest BCUT2D eigenvalue weighted by atomic mass is 10.3. The molecule has 0 radical (unpaired) electrons. The smallest absolute Gasteiger partial charge is 0.208 e. The van der Waals surface area contributed by atoms with E-state index in [-0.39, 0.29) is 6.54 Å². The van der Waals surface area contributed by atoms with E-state index in [9.17, 15) is 8.42 Å². The van der Waals surface area contributed by atoms with E-state index >= 15 is 0 Å². The van der Waals surface area contributed by atoms with Crippen LogP contribution < -0.4 is 10.5 Å². The largest absolute Gasteiger partial charge is 0.369 e. The molecule has 0 fully saturated rings.